The van der Waals surface area contributed by atoms with Gasteiger partial charge in [-0.3, -0.25) is 14.2 Å². The summed E-state index contributed by atoms with van der Waals surface area (Å²) in [6, 6.07) is 17.4. The van der Waals surface area contributed by atoms with E-state index in [-0.39, 0.29) is 24.4 Å². The van der Waals surface area contributed by atoms with Gasteiger partial charge >= 0.3 is 0 Å². The molecule has 0 fully saturated rings. The Hall–Kier alpha value is -2.92. The number of benzene rings is 2. The van der Waals surface area contributed by atoms with Gasteiger partial charge in [0.1, 0.15) is 12.2 Å². The highest BCUT2D eigenvalue weighted by Crippen LogP contribution is 2.25. The second kappa shape index (κ2) is 6.42. The van der Waals surface area contributed by atoms with Crippen LogP contribution in [0, 0.1) is 6.92 Å². The molecule has 1 aliphatic heterocycles. The van der Waals surface area contributed by atoms with Gasteiger partial charge in [-0.05, 0) is 37.1 Å². The summed E-state index contributed by atoms with van der Waals surface area (Å²) in [5.74, 6) is -0.229. The largest absolute Gasteiger partial charge is 0.326 e. The van der Waals surface area contributed by atoms with E-state index in [1.54, 1.807) is 11.0 Å². The molecule has 0 spiro atoms. The molecule has 0 unspecified atom stereocenters. The van der Waals surface area contributed by atoms with Crippen LogP contribution in [0.5, 0.6) is 0 Å². The number of nitrogens with zero attached hydrogens (tertiary/aromatic N) is 2. The molecular formula is C21H21N3O2. The number of carbonyl (C=O) groups excluding carboxylic acids is 2. The number of hydrogen-bond acceptors (Lipinski definition) is 3. The maximum absolute atomic E-state index is 12.9. The van der Waals surface area contributed by atoms with Gasteiger partial charge in [0.2, 0.25) is 0 Å². The Morgan fingerprint density at radius 2 is 1.85 bits per heavy atom. The maximum atomic E-state index is 12.9. The molecule has 0 radical (unpaired) electrons. The number of nitrogens with two attached hydrogens (primary N) is 1. The summed E-state index contributed by atoms with van der Waals surface area (Å²) in [5, 5.41) is 0.914. The third-order valence-electron chi connectivity index (χ3n) is 4.83. The van der Waals surface area contributed by atoms with Crippen molar-refractivity contribution < 1.29 is 9.59 Å². The Labute approximate surface area is 152 Å². The van der Waals surface area contributed by atoms with Crippen molar-refractivity contribution in [2.24, 2.45) is 5.73 Å². The lowest BCUT2D eigenvalue weighted by Gasteiger charge is -2.29. The van der Waals surface area contributed by atoms with E-state index in [9.17, 15) is 9.59 Å². The summed E-state index contributed by atoms with van der Waals surface area (Å²) in [6.45, 7) is 2.42. The normalized spacial score (nSPS) is 15.4. The van der Waals surface area contributed by atoms with Gasteiger partial charge in [-0.25, -0.2) is 0 Å². The predicted molar refractivity (Wildman–Crippen MR) is 101 cm³/mol. The topological polar surface area (TPSA) is 68.3 Å². The van der Waals surface area contributed by atoms with Crippen LogP contribution < -0.4 is 5.73 Å². The van der Waals surface area contributed by atoms with Crippen LogP contribution in [0.4, 0.5) is 0 Å². The summed E-state index contributed by atoms with van der Waals surface area (Å²) in [7, 11) is 0. The fourth-order valence-electron chi connectivity index (χ4n) is 3.64. The average Bonchev–Trinajstić information content (AvgIpc) is 2.99. The molecule has 0 saturated heterocycles. The van der Waals surface area contributed by atoms with Gasteiger partial charge < -0.3 is 10.6 Å². The molecule has 2 heterocycles. The number of aromatic nitrogens is 1. The predicted octanol–water partition coefficient (Wildman–Crippen LogP) is 2.62. The molecule has 4 rings (SSSR count). The van der Waals surface area contributed by atoms with E-state index in [2.05, 4.69) is 0 Å². The zero-order valence-corrected chi connectivity index (χ0v) is 14.7. The Morgan fingerprint density at radius 3 is 2.62 bits per heavy atom. The van der Waals surface area contributed by atoms with Gasteiger partial charge in [-0.15, -0.1) is 0 Å². The van der Waals surface area contributed by atoms with Gasteiger partial charge in [-0.1, -0.05) is 42.0 Å². The van der Waals surface area contributed by atoms with Crippen molar-refractivity contribution in [2.75, 3.05) is 13.1 Å². The molecular weight excluding hydrogens is 326 g/mol. The molecule has 1 atom stereocenters. The molecule has 5 nitrogen and oxygen atoms in total. The monoisotopic (exact) mass is 347 g/mol. The molecule has 26 heavy (non-hydrogen) atoms. The van der Waals surface area contributed by atoms with Crippen LogP contribution in [0.1, 0.15) is 26.4 Å². The van der Waals surface area contributed by atoms with Crippen LogP contribution in [-0.2, 0) is 6.42 Å². The highest BCUT2D eigenvalue weighted by molar-refractivity contribution is 6.09. The second-order valence-electron chi connectivity index (χ2n) is 6.96. The summed E-state index contributed by atoms with van der Waals surface area (Å²) in [4.78, 5) is 27.1. The number of aryl methyl sites for hydroxylation is 1. The Balaban J connectivity index is 1.58. The molecule has 1 aromatic heterocycles. The van der Waals surface area contributed by atoms with Crippen LogP contribution in [0.25, 0.3) is 10.9 Å². The third kappa shape index (κ3) is 2.91. The molecule has 0 bridgehead atoms. The summed E-state index contributed by atoms with van der Waals surface area (Å²) in [5.41, 5.74) is 9.69. The van der Waals surface area contributed by atoms with Crippen molar-refractivity contribution in [3.05, 3.63) is 71.4 Å². The quantitative estimate of drug-likeness (QED) is 0.789. The minimum absolute atomic E-state index is 0.0615. The first-order chi connectivity index (χ1) is 12.5. The Bertz CT molecular complexity index is 991. The maximum Gasteiger partial charge on any atom is 0.271 e. The lowest BCUT2D eigenvalue weighted by molar-refractivity contribution is 0.0615. The molecule has 5 heteroatoms. The van der Waals surface area contributed by atoms with E-state index in [4.69, 9.17) is 5.73 Å². The van der Waals surface area contributed by atoms with E-state index >= 15 is 0 Å². The van der Waals surface area contributed by atoms with Crippen molar-refractivity contribution in [3.8, 4) is 0 Å². The zero-order chi connectivity index (χ0) is 18.3. The fraction of sp³-hybridized carbons (Fsp3) is 0.238. The first kappa shape index (κ1) is 16.5. The van der Waals surface area contributed by atoms with E-state index in [1.807, 2.05) is 55.5 Å². The molecule has 3 aromatic rings. The van der Waals surface area contributed by atoms with Gasteiger partial charge in [0.25, 0.3) is 11.8 Å². The lowest BCUT2D eigenvalue weighted by atomic mass is 10.1. The molecule has 0 saturated carbocycles. The summed E-state index contributed by atoms with van der Waals surface area (Å²) >= 11 is 0. The molecule has 132 valence electrons. The highest BCUT2D eigenvalue weighted by Gasteiger charge is 2.32. The van der Waals surface area contributed by atoms with Crippen molar-refractivity contribution in [1.82, 2.24) is 9.47 Å². The number of rotatable bonds is 4. The van der Waals surface area contributed by atoms with Gasteiger partial charge in [0.15, 0.2) is 0 Å². The van der Waals surface area contributed by atoms with Gasteiger partial charge in [0.05, 0.1) is 5.52 Å². The summed E-state index contributed by atoms with van der Waals surface area (Å²) in [6.07, 6.45) is 0.668. The SMILES string of the molecule is Cc1ccc2c(c1)cc1n2C(=O)CN(C[C@@H](N)Cc2ccccc2)C1=O. The molecule has 1 amide bonds. The molecule has 1 aliphatic rings. The first-order valence-electron chi connectivity index (χ1n) is 8.77. The Morgan fingerprint density at radius 1 is 1.08 bits per heavy atom. The second-order valence-corrected chi connectivity index (χ2v) is 6.96. The average molecular weight is 347 g/mol. The highest BCUT2D eigenvalue weighted by atomic mass is 16.2. The number of hydrogen-bond donors (Lipinski definition) is 1. The van der Waals surface area contributed by atoms with E-state index < -0.39 is 0 Å². The molecule has 0 aliphatic carbocycles. The third-order valence-corrected chi connectivity index (χ3v) is 4.83. The van der Waals surface area contributed by atoms with E-state index in [0.717, 1.165) is 22.0 Å². The minimum atomic E-state index is -0.215. The molecule has 2 aromatic carbocycles. The van der Waals surface area contributed by atoms with Crippen molar-refractivity contribution >= 4 is 22.7 Å². The van der Waals surface area contributed by atoms with Gasteiger partial charge in [0, 0.05) is 18.0 Å². The zero-order valence-electron chi connectivity index (χ0n) is 14.7. The van der Waals surface area contributed by atoms with E-state index in [1.165, 1.54) is 4.57 Å². The van der Waals surface area contributed by atoms with E-state index in [0.29, 0.717) is 18.7 Å². The Kier molecular flexibility index (Phi) is 4.09. The van der Waals surface area contributed by atoms with Crippen LogP contribution >= 0.6 is 0 Å². The number of fused-ring (bicyclic) bond motifs is 3. The van der Waals surface area contributed by atoms with Crippen molar-refractivity contribution in [2.45, 2.75) is 19.4 Å². The van der Waals surface area contributed by atoms with Gasteiger partial charge in [-0.2, -0.15) is 0 Å². The lowest BCUT2D eigenvalue weighted by Crippen LogP contribution is -2.49. The van der Waals surface area contributed by atoms with Crippen LogP contribution in [0.3, 0.4) is 0 Å². The van der Waals surface area contributed by atoms with Crippen LogP contribution in [-0.4, -0.2) is 40.4 Å². The smallest absolute Gasteiger partial charge is 0.271 e. The van der Waals surface area contributed by atoms with Crippen LogP contribution in [0.2, 0.25) is 0 Å². The standard InChI is InChI=1S/C21H21N3O2/c1-14-7-8-18-16(9-14)11-19-21(26)23(13-20(25)24(18)19)12-17(22)10-15-5-3-2-4-6-15/h2-9,11,17H,10,12-13,22H2,1H3/t17-/m0/s1. The van der Waals surface area contributed by atoms with Crippen molar-refractivity contribution in [1.29, 1.82) is 0 Å². The fourth-order valence-corrected chi connectivity index (χ4v) is 3.64. The minimum Gasteiger partial charge on any atom is -0.326 e. The molecule has 2 N–H and O–H groups in total. The van der Waals surface area contributed by atoms with Crippen molar-refractivity contribution in [3.63, 3.8) is 0 Å². The summed E-state index contributed by atoms with van der Waals surface area (Å²) < 4.78 is 1.54. The number of carbonyl (C=O) groups is 2. The number of amides is 1. The van der Waals surface area contributed by atoms with Crippen LogP contribution in [0.15, 0.2) is 54.6 Å². The first-order valence-corrected chi connectivity index (χ1v) is 8.77.